The van der Waals surface area contributed by atoms with Crippen molar-refractivity contribution in [1.29, 1.82) is 0 Å². The molecule has 20 heavy (non-hydrogen) atoms. The van der Waals surface area contributed by atoms with Crippen LogP contribution in [0.2, 0.25) is 5.02 Å². The zero-order chi connectivity index (χ0) is 14.5. The molecule has 1 aliphatic heterocycles. The van der Waals surface area contributed by atoms with Gasteiger partial charge in [0.2, 0.25) is 5.91 Å². The minimum atomic E-state index is -0.522. The van der Waals surface area contributed by atoms with Gasteiger partial charge >= 0.3 is 0 Å². The van der Waals surface area contributed by atoms with Gasteiger partial charge in [0.05, 0.1) is 16.4 Å². The molecule has 0 aromatic heterocycles. The molecule has 0 saturated carbocycles. The van der Waals surface area contributed by atoms with Crippen LogP contribution in [0.3, 0.4) is 0 Å². The van der Waals surface area contributed by atoms with E-state index in [1.165, 1.54) is 18.6 Å². The molecule has 1 aromatic carbocycles. The van der Waals surface area contributed by atoms with Crippen LogP contribution in [0.25, 0.3) is 0 Å². The number of nitrogens with two attached hydrogens (primary N) is 1. The molecule has 110 valence electrons. The summed E-state index contributed by atoms with van der Waals surface area (Å²) in [4.78, 5) is 13.8. The molecule has 0 radical (unpaired) electrons. The van der Waals surface area contributed by atoms with E-state index in [1.807, 2.05) is 4.90 Å². The zero-order valence-corrected chi connectivity index (χ0v) is 12.0. The summed E-state index contributed by atoms with van der Waals surface area (Å²) in [5.41, 5.74) is 6.59. The number of carbonyl (C=O) groups excluding carboxylic acids is 1. The first-order valence-electron chi connectivity index (χ1n) is 6.84. The van der Waals surface area contributed by atoms with Crippen LogP contribution in [-0.2, 0) is 4.79 Å². The summed E-state index contributed by atoms with van der Waals surface area (Å²) in [6, 6.07) is 2.62. The van der Waals surface area contributed by atoms with Gasteiger partial charge in [-0.2, -0.15) is 0 Å². The molecule has 1 aromatic rings. The van der Waals surface area contributed by atoms with E-state index in [0.717, 1.165) is 25.9 Å². The Labute approximate surface area is 123 Å². The molecule has 0 spiro atoms. The molecule has 0 bridgehead atoms. The van der Waals surface area contributed by atoms with Gasteiger partial charge in [-0.05, 0) is 25.3 Å². The highest BCUT2D eigenvalue weighted by Crippen LogP contribution is 2.26. The van der Waals surface area contributed by atoms with Gasteiger partial charge < -0.3 is 16.0 Å². The number of nitrogens with zero attached hydrogens (tertiary/aromatic N) is 1. The van der Waals surface area contributed by atoms with E-state index >= 15 is 0 Å². The van der Waals surface area contributed by atoms with Crippen molar-refractivity contribution >= 4 is 28.9 Å². The predicted octanol–water partition coefficient (Wildman–Crippen LogP) is 2.88. The van der Waals surface area contributed by atoms with Gasteiger partial charge in [0.15, 0.2) is 0 Å². The lowest BCUT2D eigenvalue weighted by molar-refractivity contribution is -0.131. The Balaban J connectivity index is 1.83. The molecule has 1 amide bonds. The Hall–Kier alpha value is -1.49. The Morgan fingerprint density at radius 2 is 2.05 bits per heavy atom. The number of amides is 1. The van der Waals surface area contributed by atoms with Crippen LogP contribution in [0.15, 0.2) is 12.1 Å². The number of benzene rings is 1. The SMILES string of the molecule is Nc1cc(Cl)c(F)cc1NCCC(=O)N1CCCCC1. The number of carbonyl (C=O) groups is 1. The summed E-state index contributed by atoms with van der Waals surface area (Å²) in [7, 11) is 0. The molecule has 0 aliphatic carbocycles. The number of piperidine rings is 1. The van der Waals surface area contributed by atoms with Crippen LogP contribution in [0, 0.1) is 5.82 Å². The number of nitrogens with one attached hydrogen (secondary N) is 1. The van der Waals surface area contributed by atoms with Crippen LogP contribution < -0.4 is 11.1 Å². The second-order valence-electron chi connectivity index (χ2n) is 4.97. The molecule has 1 fully saturated rings. The maximum atomic E-state index is 13.3. The van der Waals surface area contributed by atoms with Crippen LogP contribution in [-0.4, -0.2) is 30.4 Å². The smallest absolute Gasteiger partial charge is 0.224 e. The molecule has 1 saturated heterocycles. The summed E-state index contributed by atoms with van der Waals surface area (Å²) in [5.74, 6) is -0.393. The van der Waals surface area contributed by atoms with Crippen molar-refractivity contribution in [2.24, 2.45) is 0 Å². The van der Waals surface area contributed by atoms with Crippen molar-refractivity contribution in [3.63, 3.8) is 0 Å². The topological polar surface area (TPSA) is 58.4 Å². The van der Waals surface area contributed by atoms with Gasteiger partial charge in [-0.15, -0.1) is 0 Å². The second-order valence-corrected chi connectivity index (χ2v) is 5.38. The number of nitrogen functional groups attached to an aromatic ring is 1. The highest BCUT2D eigenvalue weighted by molar-refractivity contribution is 6.31. The van der Waals surface area contributed by atoms with Gasteiger partial charge in [-0.3, -0.25) is 4.79 Å². The van der Waals surface area contributed by atoms with Crippen molar-refractivity contribution in [3.05, 3.63) is 23.0 Å². The number of anilines is 2. The van der Waals surface area contributed by atoms with Gasteiger partial charge in [0.25, 0.3) is 0 Å². The Bertz CT molecular complexity index is 490. The van der Waals surface area contributed by atoms with Crippen molar-refractivity contribution in [3.8, 4) is 0 Å². The molecular weight excluding hydrogens is 281 g/mol. The van der Waals surface area contributed by atoms with E-state index in [-0.39, 0.29) is 10.9 Å². The fourth-order valence-electron chi connectivity index (χ4n) is 2.32. The van der Waals surface area contributed by atoms with E-state index in [0.29, 0.717) is 24.3 Å². The van der Waals surface area contributed by atoms with Crippen LogP contribution >= 0.6 is 11.6 Å². The van der Waals surface area contributed by atoms with Crippen molar-refractivity contribution in [1.82, 2.24) is 4.90 Å². The quantitative estimate of drug-likeness (QED) is 0.841. The Morgan fingerprint density at radius 3 is 2.75 bits per heavy atom. The molecular formula is C14H19ClFN3O. The molecule has 2 rings (SSSR count). The summed E-state index contributed by atoms with van der Waals surface area (Å²) >= 11 is 5.63. The Morgan fingerprint density at radius 1 is 1.35 bits per heavy atom. The standard InChI is InChI=1S/C14H19ClFN3O/c15-10-8-12(17)13(9-11(10)16)18-5-4-14(20)19-6-2-1-3-7-19/h8-9,18H,1-7,17H2. The normalized spacial score (nSPS) is 15.2. The second kappa shape index (κ2) is 6.79. The molecule has 1 heterocycles. The average Bonchev–Trinajstić information content (AvgIpc) is 2.45. The Kier molecular flexibility index (Phi) is 5.06. The monoisotopic (exact) mass is 299 g/mol. The maximum Gasteiger partial charge on any atom is 0.224 e. The van der Waals surface area contributed by atoms with Gasteiger partial charge in [-0.25, -0.2) is 4.39 Å². The van der Waals surface area contributed by atoms with Crippen molar-refractivity contribution < 1.29 is 9.18 Å². The first-order valence-corrected chi connectivity index (χ1v) is 7.22. The molecule has 3 N–H and O–H groups in total. The van der Waals surface area contributed by atoms with Crippen LogP contribution in [0.4, 0.5) is 15.8 Å². The molecule has 0 unspecified atom stereocenters. The highest BCUT2D eigenvalue weighted by Gasteiger charge is 2.16. The lowest BCUT2D eigenvalue weighted by Crippen LogP contribution is -2.36. The third-order valence-corrected chi connectivity index (χ3v) is 3.75. The van der Waals surface area contributed by atoms with Crippen molar-refractivity contribution in [2.75, 3.05) is 30.7 Å². The van der Waals surface area contributed by atoms with Gasteiger partial charge in [-0.1, -0.05) is 11.6 Å². The van der Waals surface area contributed by atoms with Crippen molar-refractivity contribution in [2.45, 2.75) is 25.7 Å². The third-order valence-electron chi connectivity index (χ3n) is 3.46. The fraction of sp³-hybridized carbons (Fsp3) is 0.500. The predicted molar refractivity (Wildman–Crippen MR) is 79.4 cm³/mol. The maximum absolute atomic E-state index is 13.3. The van der Waals surface area contributed by atoms with E-state index < -0.39 is 5.82 Å². The molecule has 0 atom stereocenters. The number of rotatable bonds is 4. The summed E-state index contributed by atoms with van der Waals surface area (Å²) in [5, 5.41) is 2.98. The molecule has 1 aliphatic rings. The molecule has 4 nitrogen and oxygen atoms in total. The number of hydrogen-bond donors (Lipinski definition) is 2. The lowest BCUT2D eigenvalue weighted by Gasteiger charge is -2.26. The molecule has 6 heteroatoms. The van der Waals surface area contributed by atoms with E-state index in [4.69, 9.17) is 17.3 Å². The average molecular weight is 300 g/mol. The van der Waals surface area contributed by atoms with E-state index in [2.05, 4.69) is 5.32 Å². The fourth-order valence-corrected chi connectivity index (χ4v) is 2.49. The number of hydrogen-bond acceptors (Lipinski definition) is 3. The summed E-state index contributed by atoms with van der Waals surface area (Å²) < 4.78 is 13.3. The van der Waals surface area contributed by atoms with E-state index in [1.54, 1.807) is 0 Å². The first kappa shape index (κ1) is 14.9. The zero-order valence-electron chi connectivity index (χ0n) is 11.3. The van der Waals surface area contributed by atoms with Crippen LogP contribution in [0.5, 0.6) is 0 Å². The lowest BCUT2D eigenvalue weighted by atomic mass is 10.1. The first-order chi connectivity index (χ1) is 9.58. The van der Waals surface area contributed by atoms with Gasteiger partial charge in [0, 0.05) is 32.1 Å². The highest BCUT2D eigenvalue weighted by atomic mass is 35.5. The van der Waals surface area contributed by atoms with Gasteiger partial charge in [0.1, 0.15) is 5.82 Å². The summed E-state index contributed by atoms with van der Waals surface area (Å²) in [6.07, 6.45) is 3.73. The summed E-state index contributed by atoms with van der Waals surface area (Å²) in [6.45, 7) is 2.12. The third kappa shape index (κ3) is 3.76. The number of halogens is 2. The van der Waals surface area contributed by atoms with Crippen LogP contribution in [0.1, 0.15) is 25.7 Å². The minimum absolute atomic E-state index is 0.00237. The largest absolute Gasteiger partial charge is 0.397 e. The number of likely N-dealkylation sites (tertiary alicyclic amines) is 1. The van der Waals surface area contributed by atoms with E-state index in [9.17, 15) is 9.18 Å². The minimum Gasteiger partial charge on any atom is -0.397 e.